The van der Waals surface area contributed by atoms with Crippen LogP contribution in [-0.2, 0) is 4.79 Å². The summed E-state index contributed by atoms with van der Waals surface area (Å²) in [7, 11) is 0. The number of piperidine rings is 1. The zero-order valence-corrected chi connectivity index (χ0v) is 14.1. The molecule has 4 nitrogen and oxygen atoms in total. The molecule has 0 atom stereocenters. The van der Waals surface area contributed by atoms with Crippen LogP contribution in [0.4, 0.5) is 5.69 Å². The summed E-state index contributed by atoms with van der Waals surface area (Å²) in [5, 5.41) is 6.77. The van der Waals surface area contributed by atoms with Crippen LogP contribution in [0.15, 0.2) is 18.2 Å². The van der Waals surface area contributed by atoms with Crippen LogP contribution in [0.25, 0.3) is 0 Å². The number of ether oxygens (including phenoxy) is 1. The maximum atomic E-state index is 12.0. The smallest absolute Gasteiger partial charge is 0.224 e. The molecule has 1 heterocycles. The number of carbonyl (C=O) groups excluding carboxylic acids is 1. The van der Waals surface area contributed by atoms with Gasteiger partial charge in [-0.2, -0.15) is 0 Å². The highest BCUT2D eigenvalue weighted by Gasteiger charge is 2.15. The Morgan fingerprint density at radius 3 is 2.77 bits per heavy atom. The third-order valence-electron chi connectivity index (χ3n) is 3.82. The number of benzene rings is 1. The first kappa shape index (κ1) is 17.1. The molecule has 1 fully saturated rings. The molecule has 22 heavy (non-hydrogen) atoms. The van der Waals surface area contributed by atoms with E-state index in [0.29, 0.717) is 23.1 Å². The van der Waals surface area contributed by atoms with Crippen LogP contribution in [-0.4, -0.2) is 25.1 Å². The molecule has 0 saturated carbocycles. The number of carbonyl (C=O) groups is 1. The van der Waals surface area contributed by atoms with Gasteiger partial charge in [0.2, 0.25) is 5.91 Å². The van der Waals surface area contributed by atoms with Gasteiger partial charge in [0, 0.05) is 12.1 Å². The zero-order chi connectivity index (χ0) is 15.9. The minimum Gasteiger partial charge on any atom is -0.489 e. The van der Waals surface area contributed by atoms with Crippen LogP contribution in [0.3, 0.4) is 0 Å². The van der Waals surface area contributed by atoms with Crippen molar-refractivity contribution < 1.29 is 9.53 Å². The Kier molecular flexibility index (Phi) is 6.52. The molecular formula is C17H25ClN2O2. The van der Waals surface area contributed by atoms with Crippen LogP contribution in [0, 0.1) is 5.92 Å². The maximum Gasteiger partial charge on any atom is 0.224 e. The van der Waals surface area contributed by atoms with E-state index >= 15 is 0 Å². The van der Waals surface area contributed by atoms with Gasteiger partial charge in [-0.1, -0.05) is 11.6 Å². The number of nitrogens with one attached hydrogen (secondary N) is 2. The van der Waals surface area contributed by atoms with Gasteiger partial charge in [0.05, 0.1) is 11.1 Å². The van der Waals surface area contributed by atoms with Gasteiger partial charge < -0.3 is 15.4 Å². The van der Waals surface area contributed by atoms with E-state index in [9.17, 15) is 4.79 Å². The fourth-order valence-corrected chi connectivity index (χ4v) is 2.88. The summed E-state index contributed by atoms with van der Waals surface area (Å²) in [6.45, 7) is 6.04. The van der Waals surface area contributed by atoms with Crippen molar-refractivity contribution in [3.63, 3.8) is 0 Å². The Hall–Kier alpha value is -1.26. The number of anilines is 1. The van der Waals surface area contributed by atoms with Gasteiger partial charge in [-0.15, -0.1) is 0 Å². The van der Waals surface area contributed by atoms with Crippen molar-refractivity contribution in [3.8, 4) is 5.75 Å². The molecule has 5 heteroatoms. The molecule has 0 unspecified atom stereocenters. The molecule has 0 aliphatic carbocycles. The lowest BCUT2D eigenvalue weighted by Gasteiger charge is -2.22. The zero-order valence-electron chi connectivity index (χ0n) is 13.3. The summed E-state index contributed by atoms with van der Waals surface area (Å²) >= 11 is 6.17. The lowest BCUT2D eigenvalue weighted by atomic mass is 9.93. The van der Waals surface area contributed by atoms with Crippen molar-refractivity contribution in [3.05, 3.63) is 23.2 Å². The molecule has 122 valence electrons. The highest BCUT2D eigenvalue weighted by molar-refractivity contribution is 6.32. The van der Waals surface area contributed by atoms with Gasteiger partial charge in [0.25, 0.3) is 0 Å². The molecule has 1 aliphatic rings. The van der Waals surface area contributed by atoms with Crippen LogP contribution in [0.1, 0.15) is 39.5 Å². The summed E-state index contributed by atoms with van der Waals surface area (Å²) < 4.78 is 5.58. The van der Waals surface area contributed by atoms with Crippen molar-refractivity contribution >= 4 is 23.2 Å². The SMILES string of the molecule is CC(C)Oc1ccc(NC(=O)CCC2CCNCC2)cc1Cl. The Balaban J connectivity index is 1.82. The van der Waals surface area contributed by atoms with Crippen molar-refractivity contribution in [2.45, 2.75) is 45.6 Å². The van der Waals surface area contributed by atoms with Gasteiger partial charge in [0.15, 0.2) is 0 Å². The first-order valence-electron chi connectivity index (χ1n) is 8.01. The Morgan fingerprint density at radius 1 is 1.41 bits per heavy atom. The van der Waals surface area contributed by atoms with E-state index in [0.717, 1.165) is 25.2 Å². The van der Waals surface area contributed by atoms with Crippen molar-refractivity contribution in [1.82, 2.24) is 5.32 Å². The predicted molar refractivity (Wildman–Crippen MR) is 90.7 cm³/mol. The van der Waals surface area contributed by atoms with E-state index in [2.05, 4.69) is 10.6 Å². The third-order valence-corrected chi connectivity index (χ3v) is 4.11. The van der Waals surface area contributed by atoms with Gasteiger partial charge in [0.1, 0.15) is 5.75 Å². The van der Waals surface area contributed by atoms with Crippen molar-refractivity contribution in [2.24, 2.45) is 5.92 Å². The maximum absolute atomic E-state index is 12.0. The molecule has 0 aromatic heterocycles. The van der Waals surface area contributed by atoms with Crippen LogP contribution < -0.4 is 15.4 Å². The van der Waals surface area contributed by atoms with Crippen LogP contribution in [0.5, 0.6) is 5.75 Å². The highest BCUT2D eigenvalue weighted by Crippen LogP contribution is 2.28. The van der Waals surface area contributed by atoms with E-state index < -0.39 is 0 Å². The number of halogens is 1. The fourth-order valence-electron chi connectivity index (χ4n) is 2.66. The third kappa shape index (κ3) is 5.50. The molecule has 0 radical (unpaired) electrons. The first-order valence-corrected chi connectivity index (χ1v) is 8.39. The first-order chi connectivity index (χ1) is 10.5. The lowest BCUT2D eigenvalue weighted by molar-refractivity contribution is -0.116. The van der Waals surface area contributed by atoms with Gasteiger partial charge in [-0.3, -0.25) is 4.79 Å². The summed E-state index contributed by atoms with van der Waals surface area (Å²) in [5.74, 6) is 1.36. The lowest BCUT2D eigenvalue weighted by Crippen LogP contribution is -2.28. The molecule has 1 aliphatic heterocycles. The fraction of sp³-hybridized carbons (Fsp3) is 0.588. The molecule has 2 N–H and O–H groups in total. The Labute approximate surface area is 137 Å². The topological polar surface area (TPSA) is 50.4 Å². The molecule has 1 aromatic rings. The van der Waals surface area contributed by atoms with Crippen molar-refractivity contribution in [2.75, 3.05) is 18.4 Å². The van der Waals surface area contributed by atoms with E-state index in [4.69, 9.17) is 16.3 Å². The quantitative estimate of drug-likeness (QED) is 0.835. The van der Waals surface area contributed by atoms with Gasteiger partial charge >= 0.3 is 0 Å². The van der Waals surface area contributed by atoms with E-state index in [1.165, 1.54) is 12.8 Å². The normalized spacial score (nSPS) is 15.8. The van der Waals surface area contributed by atoms with Crippen molar-refractivity contribution in [1.29, 1.82) is 0 Å². The second kappa shape index (κ2) is 8.39. The van der Waals surface area contributed by atoms with E-state index in [1.54, 1.807) is 12.1 Å². The van der Waals surface area contributed by atoms with E-state index in [1.807, 2.05) is 19.9 Å². The second-order valence-corrected chi connectivity index (χ2v) is 6.50. The molecular weight excluding hydrogens is 300 g/mol. The Morgan fingerprint density at radius 2 is 2.14 bits per heavy atom. The highest BCUT2D eigenvalue weighted by atomic mass is 35.5. The minimum atomic E-state index is 0.0483. The molecule has 1 aromatic carbocycles. The summed E-state index contributed by atoms with van der Waals surface area (Å²) in [4.78, 5) is 12.0. The predicted octanol–water partition coefficient (Wildman–Crippen LogP) is 3.85. The largest absolute Gasteiger partial charge is 0.489 e. The molecule has 1 amide bonds. The van der Waals surface area contributed by atoms with E-state index in [-0.39, 0.29) is 12.0 Å². The molecule has 0 spiro atoms. The van der Waals surface area contributed by atoms with Crippen LogP contribution >= 0.6 is 11.6 Å². The number of rotatable bonds is 6. The number of hydrogen-bond acceptors (Lipinski definition) is 3. The Bertz CT molecular complexity index is 499. The van der Waals surface area contributed by atoms with Gasteiger partial charge in [-0.05, 0) is 70.3 Å². The van der Waals surface area contributed by atoms with Gasteiger partial charge in [-0.25, -0.2) is 0 Å². The number of hydrogen-bond donors (Lipinski definition) is 2. The summed E-state index contributed by atoms with van der Waals surface area (Å²) in [6.07, 6.45) is 3.92. The molecule has 1 saturated heterocycles. The van der Waals surface area contributed by atoms with Crippen LogP contribution in [0.2, 0.25) is 5.02 Å². The standard InChI is InChI=1S/C17H25ClN2O2/c1-12(2)22-16-5-4-14(11-15(16)18)20-17(21)6-3-13-7-9-19-10-8-13/h4-5,11-13,19H,3,6-10H2,1-2H3,(H,20,21). The average Bonchev–Trinajstić information content (AvgIpc) is 2.49. The monoisotopic (exact) mass is 324 g/mol. The molecule has 2 rings (SSSR count). The second-order valence-electron chi connectivity index (χ2n) is 6.09. The average molecular weight is 325 g/mol. The summed E-state index contributed by atoms with van der Waals surface area (Å²) in [5.41, 5.74) is 0.719. The molecule has 0 bridgehead atoms. The number of amides is 1. The summed E-state index contributed by atoms with van der Waals surface area (Å²) in [6, 6.07) is 5.36. The minimum absolute atomic E-state index is 0.0483.